The second-order valence-electron chi connectivity index (χ2n) is 8.38. The average molecular weight is 484 g/mol. The quantitative estimate of drug-likeness (QED) is 0.494. The molecular formula is C22H27F3N4O5. The number of benzene rings is 1. The summed E-state index contributed by atoms with van der Waals surface area (Å²) in [4.78, 5) is 16.4. The number of amides is 1. The number of aliphatic hydroxyl groups is 1. The lowest BCUT2D eigenvalue weighted by Gasteiger charge is -2.20. The molecule has 12 heteroatoms. The Labute approximate surface area is 194 Å². The van der Waals surface area contributed by atoms with Crippen molar-refractivity contribution in [3.63, 3.8) is 0 Å². The zero-order chi connectivity index (χ0) is 24.3. The number of aryl methyl sites for hydroxylation is 1. The van der Waals surface area contributed by atoms with E-state index in [1.807, 2.05) is 11.6 Å². The van der Waals surface area contributed by atoms with Crippen LogP contribution < -0.4 is 15.4 Å². The number of rotatable bonds is 9. The maximum Gasteiger partial charge on any atom is 0.573 e. The van der Waals surface area contributed by atoms with E-state index < -0.39 is 24.7 Å². The molecule has 4 rings (SSSR count). The van der Waals surface area contributed by atoms with E-state index in [1.165, 1.54) is 18.2 Å². The first-order valence-electron chi connectivity index (χ1n) is 11.0. The first-order chi connectivity index (χ1) is 16.2. The Morgan fingerprint density at radius 3 is 2.79 bits per heavy atom. The molecule has 1 aromatic carbocycles. The van der Waals surface area contributed by atoms with E-state index in [4.69, 9.17) is 9.47 Å². The number of para-hydroxylation sites is 1. The predicted molar refractivity (Wildman–Crippen MR) is 112 cm³/mol. The lowest BCUT2D eigenvalue weighted by Crippen LogP contribution is -2.39. The molecule has 5 atom stereocenters. The second-order valence-corrected chi connectivity index (χ2v) is 8.38. The first kappa shape index (κ1) is 24.5. The Morgan fingerprint density at radius 1 is 1.29 bits per heavy atom. The Kier molecular flexibility index (Phi) is 7.41. The fraction of sp³-hybridized carbons (Fsp3) is 0.545. The fourth-order valence-corrected chi connectivity index (χ4v) is 4.26. The van der Waals surface area contributed by atoms with Crippen molar-refractivity contribution < 1.29 is 37.3 Å². The van der Waals surface area contributed by atoms with Crippen LogP contribution in [0, 0.1) is 0 Å². The molecule has 2 aromatic rings. The number of hydrogen-bond acceptors (Lipinski definition) is 7. The second kappa shape index (κ2) is 10.3. The minimum absolute atomic E-state index is 0.105. The largest absolute Gasteiger partial charge is 0.573 e. The van der Waals surface area contributed by atoms with Gasteiger partial charge in [-0.05, 0) is 6.07 Å². The molecule has 0 saturated carbocycles. The number of carbonyl (C=O) groups is 1. The number of aliphatic hydroxyl groups excluding tert-OH is 1. The Hall–Kier alpha value is -2.67. The third kappa shape index (κ3) is 6.06. The Balaban J connectivity index is 1.20. The molecule has 5 unspecified atom stereocenters. The number of halogens is 3. The number of aromatic nitrogens is 2. The topological polar surface area (TPSA) is 107 Å². The van der Waals surface area contributed by atoms with Crippen molar-refractivity contribution in [2.75, 3.05) is 6.54 Å². The van der Waals surface area contributed by atoms with Gasteiger partial charge in [-0.2, -0.15) is 0 Å². The minimum Gasteiger partial charge on any atom is -0.405 e. The van der Waals surface area contributed by atoms with Crippen LogP contribution in [0.3, 0.4) is 0 Å². The SMILES string of the molecule is Cn1ccnc1CNC(=O)CC1CC2OC(CNCc3ccccc3OC(F)(F)F)C(O)C2O1. The highest BCUT2D eigenvalue weighted by Gasteiger charge is 2.50. The van der Waals surface area contributed by atoms with Gasteiger partial charge in [-0.1, -0.05) is 18.2 Å². The molecule has 2 fully saturated rings. The number of fused-ring (bicyclic) bond motifs is 1. The summed E-state index contributed by atoms with van der Waals surface area (Å²) in [5, 5.41) is 16.4. The van der Waals surface area contributed by atoms with Crippen LogP contribution in [-0.4, -0.2) is 64.0 Å². The summed E-state index contributed by atoms with van der Waals surface area (Å²) in [5.74, 6) is 0.277. The molecule has 0 aliphatic carbocycles. The molecule has 3 N–H and O–H groups in total. The Bertz CT molecular complexity index is 985. The van der Waals surface area contributed by atoms with E-state index in [9.17, 15) is 23.1 Å². The van der Waals surface area contributed by atoms with Gasteiger partial charge in [0.05, 0.1) is 31.3 Å². The summed E-state index contributed by atoms with van der Waals surface area (Å²) in [5.41, 5.74) is 0.334. The van der Waals surface area contributed by atoms with Crippen LogP contribution >= 0.6 is 0 Å². The third-order valence-corrected chi connectivity index (χ3v) is 5.92. The van der Waals surface area contributed by atoms with Gasteiger partial charge in [0.2, 0.25) is 5.91 Å². The molecule has 2 aliphatic rings. The number of nitrogens with zero attached hydrogens (tertiary/aromatic N) is 2. The number of imidazole rings is 1. The summed E-state index contributed by atoms with van der Waals surface area (Å²) in [6.07, 6.45) is -3.49. The first-order valence-corrected chi connectivity index (χ1v) is 11.0. The van der Waals surface area contributed by atoms with Crippen molar-refractivity contribution >= 4 is 5.91 Å². The van der Waals surface area contributed by atoms with Gasteiger partial charge in [-0.15, -0.1) is 13.2 Å². The summed E-state index contributed by atoms with van der Waals surface area (Å²) >= 11 is 0. The van der Waals surface area contributed by atoms with E-state index in [2.05, 4.69) is 20.4 Å². The average Bonchev–Trinajstić information content (AvgIpc) is 3.43. The summed E-state index contributed by atoms with van der Waals surface area (Å²) in [7, 11) is 1.84. The van der Waals surface area contributed by atoms with Gasteiger partial charge in [0.25, 0.3) is 0 Å². The van der Waals surface area contributed by atoms with E-state index >= 15 is 0 Å². The zero-order valence-corrected chi connectivity index (χ0v) is 18.5. The number of hydrogen-bond donors (Lipinski definition) is 3. The zero-order valence-electron chi connectivity index (χ0n) is 18.5. The highest BCUT2D eigenvalue weighted by molar-refractivity contribution is 5.76. The van der Waals surface area contributed by atoms with Gasteiger partial charge < -0.3 is 34.5 Å². The van der Waals surface area contributed by atoms with Gasteiger partial charge >= 0.3 is 6.36 Å². The summed E-state index contributed by atoms with van der Waals surface area (Å²) in [6.45, 7) is 0.631. The van der Waals surface area contributed by atoms with Crippen LogP contribution in [0.25, 0.3) is 0 Å². The third-order valence-electron chi connectivity index (χ3n) is 5.92. The predicted octanol–water partition coefficient (Wildman–Crippen LogP) is 1.40. The van der Waals surface area contributed by atoms with Crippen LogP contribution in [0.2, 0.25) is 0 Å². The molecule has 3 heterocycles. The van der Waals surface area contributed by atoms with Gasteiger partial charge in [0, 0.05) is 44.5 Å². The Morgan fingerprint density at radius 2 is 2.09 bits per heavy atom. The lowest BCUT2D eigenvalue weighted by atomic mass is 10.1. The van der Waals surface area contributed by atoms with Crippen LogP contribution in [0.15, 0.2) is 36.7 Å². The van der Waals surface area contributed by atoms with Crippen molar-refractivity contribution in [3.8, 4) is 5.75 Å². The van der Waals surface area contributed by atoms with E-state index in [0.29, 0.717) is 18.5 Å². The highest BCUT2D eigenvalue weighted by Crippen LogP contribution is 2.35. The highest BCUT2D eigenvalue weighted by atomic mass is 19.4. The summed E-state index contributed by atoms with van der Waals surface area (Å²) < 4.78 is 55.3. The van der Waals surface area contributed by atoms with Crippen molar-refractivity contribution in [1.29, 1.82) is 0 Å². The number of carbonyl (C=O) groups excluding carboxylic acids is 1. The van der Waals surface area contributed by atoms with Gasteiger partial charge in [-0.3, -0.25) is 4.79 Å². The van der Waals surface area contributed by atoms with Crippen LogP contribution in [-0.2, 0) is 34.4 Å². The fourth-order valence-electron chi connectivity index (χ4n) is 4.26. The van der Waals surface area contributed by atoms with E-state index in [1.54, 1.807) is 18.5 Å². The molecule has 2 saturated heterocycles. The molecule has 0 radical (unpaired) electrons. The molecule has 186 valence electrons. The van der Waals surface area contributed by atoms with Gasteiger partial charge in [0.15, 0.2) is 0 Å². The van der Waals surface area contributed by atoms with Crippen molar-refractivity contribution in [2.45, 2.75) is 62.8 Å². The molecule has 9 nitrogen and oxygen atoms in total. The molecule has 34 heavy (non-hydrogen) atoms. The van der Waals surface area contributed by atoms with E-state index in [0.717, 1.165) is 5.82 Å². The lowest BCUT2D eigenvalue weighted by molar-refractivity contribution is -0.274. The van der Waals surface area contributed by atoms with Crippen LogP contribution in [0.4, 0.5) is 13.2 Å². The molecule has 1 amide bonds. The van der Waals surface area contributed by atoms with E-state index in [-0.39, 0.29) is 43.4 Å². The van der Waals surface area contributed by atoms with Crippen molar-refractivity contribution in [1.82, 2.24) is 20.2 Å². The van der Waals surface area contributed by atoms with Crippen molar-refractivity contribution in [2.24, 2.45) is 7.05 Å². The minimum atomic E-state index is -4.78. The van der Waals surface area contributed by atoms with Crippen LogP contribution in [0.5, 0.6) is 5.75 Å². The molecule has 1 aromatic heterocycles. The number of alkyl halides is 3. The smallest absolute Gasteiger partial charge is 0.405 e. The maximum atomic E-state index is 12.6. The standard InChI is InChI=1S/C22H27F3N4O5/c1-29-7-6-27-18(29)12-28-19(30)9-14-8-16-21(32-14)20(31)17(33-16)11-26-10-13-4-2-3-5-15(13)34-22(23,24)25/h2-7,14,16-17,20-21,26,31H,8-12H2,1H3,(H,28,30). The van der Waals surface area contributed by atoms with Crippen LogP contribution in [0.1, 0.15) is 24.2 Å². The normalized spacial score (nSPS) is 26.4. The van der Waals surface area contributed by atoms with Gasteiger partial charge in [-0.25, -0.2) is 4.98 Å². The maximum absolute atomic E-state index is 12.6. The molecule has 0 bridgehead atoms. The van der Waals surface area contributed by atoms with Gasteiger partial charge in [0.1, 0.15) is 23.8 Å². The summed E-state index contributed by atoms with van der Waals surface area (Å²) in [6, 6.07) is 5.85. The molecular weight excluding hydrogens is 457 g/mol. The molecule has 2 aliphatic heterocycles. The number of ether oxygens (including phenoxy) is 3. The monoisotopic (exact) mass is 484 g/mol. The van der Waals surface area contributed by atoms with Crippen molar-refractivity contribution in [3.05, 3.63) is 48.0 Å². The molecule has 0 spiro atoms. The number of nitrogens with one attached hydrogen (secondary N) is 2.